The molecular weight excluding hydrogens is 1280 g/mol. The highest BCUT2D eigenvalue weighted by Crippen LogP contribution is 2.45. The quantitative estimate of drug-likeness (QED) is 0.0222. The van der Waals surface area contributed by atoms with E-state index in [9.17, 15) is 43.2 Å². The Morgan fingerprint density at radius 3 is 0.694 bits per heavy atom. The topological polar surface area (TPSA) is 237 Å². The first-order valence-electron chi connectivity index (χ1n) is 40.8. The van der Waals surface area contributed by atoms with Crippen molar-refractivity contribution in [2.75, 3.05) is 39.6 Å². The Hall–Kier alpha value is -1.94. The fourth-order valence-electron chi connectivity index (χ4n) is 12.1. The van der Waals surface area contributed by atoms with E-state index in [2.05, 4.69) is 48.5 Å². The summed E-state index contributed by atoms with van der Waals surface area (Å²) in [6.45, 7) is 11.9. The zero-order valence-electron chi connectivity index (χ0n) is 64.3. The lowest BCUT2D eigenvalue weighted by molar-refractivity contribution is -0.161. The molecule has 0 saturated carbocycles. The highest BCUT2D eigenvalue weighted by Gasteiger charge is 2.30. The van der Waals surface area contributed by atoms with Gasteiger partial charge in [-0.2, -0.15) is 0 Å². The van der Waals surface area contributed by atoms with Crippen molar-refractivity contribution >= 4 is 39.5 Å². The van der Waals surface area contributed by atoms with Gasteiger partial charge in [-0.25, -0.2) is 9.13 Å². The molecule has 0 aliphatic rings. The zero-order chi connectivity index (χ0) is 72.3. The number of carbonyl (C=O) groups excluding carboxylic acids is 4. The third-order valence-electron chi connectivity index (χ3n) is 18.4. The number of aliphatic hydroxyl groups is 1. The number of carbonyl (C=O) groups is 4. The molecule has 98 heavy (non-hydrogen) atoms. The van der Waals surface area contributed by atoms with Gasteiger partial charge < -0.3 is 33.8 Å². The Bertz CT molecular complexity index is 1900. The average molecular weight is 1440 g/mol. The van der Waals surface area contributed by atoms with Crippen LogP contribution in [0.4, 0.5) is 0 Å². The summed E-state index contributed by atoms with van der Waals surface area (Å²) in [5.74, 6) is 0.259. The lowest BCUT2D eigenvalue weighted by Crippen LogP contribution is -2.30. The molecule has 0 aromatic heterocycles. The normalized spacial score (nSPS) is 14.0. The van der Waals surface area contributed by atoms with E-state index in [4.69, 9.17) is 37.0 Å². The zero-order valence-corrected chi connectivity index (χ0v) is 66.0. The molecule has 0 saturated heterocycles. The first-order chi connectivity index (χ1) is 47.2. The lowest BCUT2D eigenvalue weighted by Gasteiger charge is -2.21. The second-order valence-electron chi connectivity index (χ2n) is 29.9. The number of aliphatic hydroxyl groups excluding tert-OH is 1. The van der Waals surface area contributed by atoms with Gasteiger partial charge in [0.05, 0.1) is 26.4 Å². The minimum absolute atomic E-state index is 0.106. The molecule has 0 bridgehead atoms. The molecule has 0 spiro atoms. The third kappa shape index (κ3) is 72.4. The molecule has 0 heterocycles. The van der Waals surface area contributed by atoms with E-state index in [1.54, 1.807) is 0 Å². The van der Waals surface area contributed by atoms with E-state index >= 15 is 0 Å². The van der Waals surface area contributed by atoms with Crippen molar-refractivity contribution in [3.63, 3.8) is 0 Å². The van der Waals surface area contributed by atoms with Crippen LogP contribution in [0.3, 0.4) is 0 Å². The van der Waals surface area contributed by atoms with E-state index in [0.29, 0.717) is 25.7 Å². The van der Waals surface area contributed by atoms with Gasteiger partial charge in [0.1, 0.15) is 19.3 Å². The van der Waals surface area contributed by atoms with Crippen LogP contribution in [0.25, 0.3) is 0 Å². The van der Waals surface area contributed by atoms with E-state index < -0.39 is 97.5 Å². The van der Waals surface area contributed by atoms with Crippen LogP contribution in [0.2, 0.25) is 0 Å². The Morgan fingerprint density at radius 2 is 0.469 bits per heavy atom. The maximum atomic E-state index is 13.1. The van der Waals surface area contributed by atoms with E-state index in [1.165, 1.54) is 205 Å². The van der Waals surface area contributed by atoms with Crippen LogP contribution in [0.15, 0.2) is 0 Å². The fraction of sp³-hybridized carbons (Fsp3) is 0.949. The molecule has 19 heteroatoms. The molecule has 0 radical (unpaired) electrons. The monoisotopic (exact) mass is 1440 g/mol. The van der Waals surface area contributed by atoms with Gasteiger partial charge in [0, 0.05) is 25.7 Å². The van der Waals surface area contributed by atoms with Crippen molar-refractivity contribution in [3.8, 4) is 0 Å². The molecule has 0 amide bonds. The van der Waals surface area contributed by atoms with E-state index in [0.717, 1.165) is 120 Å². The Balaban J connectivity index is 5.18. The van der Waals surface area contributed by atoms with Gasteiger partial charge in [-0.15, -0.1) is 0 Å². The summed E-state index contributed by atoms with van der Waals surface area (Å²) in [6.07, 6.45) is 57.1. The van der Waals surface area contributed by atoms with Crippen molar-refractivity contribution in [2.45, 2.75) is 426 Å². The van der Waals surface area contributed by atoms with Crippen LogP contribution in [-0.4, -0.2) is 96.7 Å². The van der Waals surface area contributed by atoms with Gasteiger partial charge in [-0.3, -0.25) is 37.3 Å². The van der Waals surface area contributed by atoms with Crippen molar-refractivity contribution in [1.82, 2.24) is 0 Å². The molecule has 582 valence electrons. The summed E-state index contributed by atoms with van der Waals surface area (Å²) < 4.78 is 68.5. The van der Waals surface area contributed by atoms with Gasteiger partial charge in [-0.05, 0) is 43.4 Å². The molecule has 0 aromatic carbocycles. The van der Waals surface area contributed by atoms with Gasteiger partial charge in [0.15, 0.2) is 12.2 Å². The number of hydrogen-bond acceptors (Lipinski definition) is 15. The second-order valence-corrected chi connectivity index (χ2v) is 32.8. The van der Waals surface area contributed by atoms with Crippen molar-refractivity contribution in [2.24, 2.45) is 17.8 Å². The minimum atomic E-state index is -4.96. The van der Waals surface area contributed by atoms with Crippen LogP contribution in [0.5, 0.6) is 0 Å². The Kier molecular flexibility index (Phi) is 68.1. The molecular formula is C79H154O17P2. The number of esters is 4. The average Bonchev–Trinajstić information content (AvgIpc) is 0.966. The SMILES string of the molecule is CCCCCCCCCC(=O)OC[C@H](COP(=O)(O)OC[C@H](O)COP(=O)(O)OC[C@@H](COC(=O)CCCCCCCCCCCCCCCC(C)C)OC(=O)CCCCCCCCCCCCCCCCCCCCC(C)C)OC(=O)CCCCCCCCCCCCCC(C)C. The van der Waals surface area contributed by atoms with E-state index in [1.807, 2.05) is 0 Å². The predicted molar refractivity (Wildman–Crippen MR) is 400 cm³/mol. The van der Waals surface area contributed by atoms with Crippen LogP contribution >= 0.6 is 15.6 Å². The Labute approximate surface area is 600 Å². The van der Waals surface area contributed by atoms with E-state index in [-0.39, 0.29) is 25.7 Å². The lowest BCUT2D eigenvalue weighted by atomic mass is 10.0. The van der Waals surface area contributed by atoms with Crippen LogP contribution in [0.1, 0.15) is 408 Å². The third-order valence-corrected chi connectivity index (χ3v) is 20.3. The van der Waals surface area contributed by atoms with Crippen LogP contribution < -0.4 is 0 Å². The molecule has 0 rings (SSSR count). The van der Waals surface area contributed by atoms with Gasteiger partial charge in [-0.1, -0.05) is 357 Å². The fourth-order valence-corrected chi connectivity index (χ4v) is 13.7. The smallest absolute Gasteiger partial charge is 0.462 e. The summed E-state index contributed by atoms with van der Waals surface area (Å²) in [5, 5.41) is 10.6. The van der Waals surface area contributed by atoms with Gasteiger partial charge >= 0.3 is 39.5 Å². The molecule has 0 aromatic rings. The van der Waals surface area contributed by atoms with Crippen molar-refractivity contribution < 1.29 is 80.2 Å². The number of phosphoric ester groups is 2. The summed E-state index contributed by atoms with van der Waals surface area (Å²) in [6, 6.07) is 0. The number of hydrogen-bond donors (Lipinski definition) is 3. The van der Waals surface area contributed by atoms with Crippen LogP contribution in [-0.2, 0) is 65.4 Å². The van der Waals surface area contributed by atoms with Gasteiger partial charge in [0.25, 0.3) is 0 Å². The van der Waals surface area contributed by atoms with Gasteiger partial charge in [0.2, 0.25) is 0 Å². The maximum absolute atomic E-state index is 13.1. The summed E-state index contributed by atoms with van der Waals surface area (Å²) in [5.41, 5.74) is 0. The molecule has 0 aliphatic heterocycles. The highest BCUT2D eigenvalue weighted by atomic mass is 31.2. The highest BCUT2D eigenvalue weighted by molar-refractivity contribution is 7.47. The predicted octanol–water partition coefficient (Wildman–Crippen LogP) is 23.4. The first-order valence-corrected chi connectivity index (χ1v) is 43.8. The number of rotatable bonds is 77. The number of phosphoric acid groups is 2. The largest absolute Gasteiger partial charge is 0.472 e. The molecule has 0 fully saturated rings. The Morgan fingerprint density at radius 1 is 0.276 bits per heavy atom. The number of ether oxygens (including phenoxy) is 4. The van der Waals surface area contributed by atoms with Crippen molar-refractivity contribution in [1.29, 1.82) is 0 Å². The standard InChI is InChI=1S/C79H154O17P2/c1-8-9-10-11-36-46-53-60-76(81)89-66-74(95-79(84)63-56-49-42-35-29-23-26-32-39-45-52-59-72(6)7)68-93-97(85,86)91-64-73(80)65-92-98(87,88)94-69-75(67-90-77(82)61-54-47-40-33-27-22-18-20-25-31-38-44-51-58-71(4)5)96-78(83)62-55-48-41-34-28-21-17-15-13-12-14-16-19-24-30-37-43-50-57-70(2)3/h70-75,80H,8-69H2,1-7H3,(H,85,86)(H,87,88)/t73-,74+,75+/m0/s1. The molecule has 3 N–H and O–H groups in total. The minimum Gasteiger partial charge on any atom is -0.462 e. The molecule has 0 aliphatic carbocycles. The number of unbranched alkanes of at least 4 members (excludes halogenated alkanes) is 45. The molecule has 2 unspecified atom stereocenters. The summed E-state index contributed by atoms with van der Waals surface area (Å²) in [4.78, 5) is 72.8. The molecule has 5 atom stereocenters. The maximum Gasteiger partial charge on any atom is 0.472 e. The second kappa shape index (κ2) is 69.4. The van der Waals surface area contributed by atoms with Crippen molar-refractivity contribution in [3.05, 3.63) is 0 Å². The summed E-state index contributed by atoms with van der Waals surface area (Å²) >= 11 is 0. The first kappa shape index (κ1) is 96.1. The summed E-state index contributed by atoms with van der Waals surface area (Å²) in [7, 11) is -9.91. The van der Waals surface area contributed by atoms with Crippen LogP contribution in [0, 0.1) is 17.8 Å². The molecule has 17 nitrogen and oxygen atoms in total.